The van der Waals surface area contributed by atoms with Gasteiger partial charge >= 0.3 is 6.18 Å². The van der Waals surface area contributed by atoms with Gasteiger partial charge in [-0.2, -0.15) is 18.4 Å². The molecule has 0 aliphatic carbocycles. The van der Waals surface area contributed by atoms with Gasteiger partial charge in [0, 0.05) is 25.0 Å². The van der Waals surface area contributed by atoms with Crippen LogP contribution in [-0.4, -0.2) is 23.1 Å². The molecule has 2 aromatic rings. The minimum absolute atomic E-state index is 0.354. The minimum Gasteiger partial charge on any atom is -0.382 e. The Kier molecular flexibility index (Phi) is 5.24. The quantitative estimate of drug-likeness (QED) is 0.818. The van der Waals surface area contributed by atoms with Crippen molar-refractivity contribution in [2.75, 3.05) is 23.7 Å². The van der Waals surface area contributed by atoms with Crippen molar-refractivity contribution >= 4 is 11.5 Å². The number of nitriles is 1. The topological polar surface area (TPSA) is 73.6 Å². The molecule has 0 fully saturated rings. The summed E-state index contributed by atoms with van der Waals surface area (Å²) in [5.41, 5.74) is 1.83. The van der Waals surface area contributed by atoms with Crippen molar-refractivity contribution in [3.63, 3.8) is 0 Å². The van der Waals surface area contributed by atoms with E-state index in [9.17, 15) is 13.2 Å². The average Bonchev–Trinajstić information content (AvgIpc) is 2.51. The number of halogens is 3. The van der Waals surface area contributed by atoms with E-state index in [1.54, 1.807) is 13.0 Å². The van der Waals surface area contributed by atoms with E-state index in [0.29, 0.717) is 35.9 Å². The third kappa shape index (κ3) is 4.35. The van der Waals surface area contributed by atoms with Gasteiger partial charge in [0.25, 0.3) is 0 Å². The van der Waals surface area contributed by atoms with Crippen LogP contribution in [0.4, 0.5) is 24.7 Å². The molecule has 0 radical (unpaired) electrons. The van der Waals surface area contributed by atoms with Crippen molar-refractivity contribution in [2.45, 2.75) is 20.0 Å². The van der Waals surface area contributed by atoms with E-state index >= 15 is 0 Å². The number of hydrogen-bond acceptors (Lipinski definition) is 5. The first-order valence-corrected chi connectivity index (χ1v) is 7.20. The number of aryl methyl sites for hydroxylation is 2. The van der Waals surface area contributed by atoms with Gasteiger partial charge in [0.15, 0.2) is 0 Å². The molecule has 0 unspecified atom stereocenters. The molecule has 0 bridgehead atoms. The fraction of sp³-hybridized carbons (Fsp3) is 0.312. The molecule has 2 aromatic heterocycles. The number of hydrogen-bond donors (Lipinski definition) is 2. The van der Waals surface area contributed by atoms with E-state index in [1.165, 1.54) is 6.07 Å². The van der Waals surface area contributed by atoms with Crippen LogP contribution in [0, 0.1) is 25.2 Å². The van der Waals surface area contributed by atoms with Crippen molar-refractivity contribution in [1.29, 1.82) is 5.26 Å². The highest BCUT2D eigenvalue weighted by molar-refractivity contribution is 5.59. The van der Waals surface area contributed by atoms with E-state index in [0.717, 1.165) is 18.0 Å². The summed E-state index contributed by atoms with van der Waals surface area (Å²) in [7, 11) is 0. The smallest absolute Gasteiger partial charge is 0.382 e. The predicted octanol–water partition coefficient (Wildman–Crippen LogP) is 3.51. The van der Waals surface area contributed by atoms with Crippen LogP contribution in [0.15, 0.2) is 24.4 Å². The molecule has 2 heterocycles. The molecule has 5 nitrogen and oxygen atoms in total. The Morgan fingerprint density at radius 3 is 2.46 bits per heavy atom. The standard InChI is InChI=1S/C16H16F3N5/c1-10-7-14(13(8-20)11(2)24-10)21-5-6-22-15-4-3-12(9-23-15)16(17,18)19/h3-4,7,9H,5-6H2,1-2H3,(H,21,24)(H,22,23). The van der Waals surface area contributed by atoms with Gasteiger partial charge in [-0.05, 0) is 32.0 Å². The maximum Gasteiger partial charge on any atom is 0.417 e. The number of rotatable bonds is 5. The molecule has 8 heteroatoms. The summed E-state index contributed by atoms with van der Waals surface area (Å²) in [6.07, 6.45) is -3.60. The predicted molar refractivity (Wildman–Crippen MR) is 84.6 cm³/mol. The highest BCUT2D eigenvalue weighted by Crippen LogP contribution is 2.28. The molecule has 2 N–H and O–H groups in total. The minimum atomic E-state index is -4.39. The summed E-state index contributed by atoms with van der Waals surface area (Å²) >= 11 is 0. The van der Waals surface area contributed by atoms with Crippen LogP contribution in [-0.2, 0) is 6.18 Å². The van der Waals surface area contributed by atoms with Gasteiger partial charge < -0.3 is 10.6 Å². The zero-order valence-corrected chi connectivity index (χ0v) is 13.2. The van der Waals surface area contributed by atoms with E-state index < -0.39 is 11.7 Å². The van der Waals surface area contributed by atoms with Crippen LogP contribution < -0.4 is 10.6 Å². The molecule has 0 aliphatic rings. The van der Waals surface area contributed by atoms with Crippen LogP contribution in [0.5, 0.6) is 0 Å². The molecule has 2 rings (SSSR count). The molecule has 0 saturated heterocycles. The first-order valence-electron chi connectivity index (χ1n) is 7.20. The maximum atomic E-state index is 12.4. The molecule has 24 heavy (non-hydrogen) atoms. The summed E-state index contributed by atoms with van der Waals surface area (Å²) in [4.78, 5) is 7.96. The van der Waals surface area contributed by atoms with Crippen LogP contribution in [0.1, 0.15) is 22.5 Å². The van der Waals surface area contributed by atoms with Gasteiger partial charge in [-0.25, -0.2) is 4.98 Å². The van der Waals surface area contributed by atoms with Crippen molar-refractivity contribution in [3.05, 3.63) is 46.9 Å². The Morgan fingerprint density at radius 1 is 1.17 bits per heavy atom. The molecule has 0 atom stereocenters. The molecule has 0 aromatic carbocycles. The molecular weight excluding hydrogens is 319 g/mol. The van der Waals surface area contributed by atoms with Crippen molar-refractivity contribution in [3.8, 4) is 6.07 Å². The monoisotopic (exact) mass is 335 g/mol. The zero-order chi connectivity index (χ0) is 17.7. The lowest BCUT2D eigenvalue weighted by Crippen LogP contribution is -2.16. The SMILES string of the molecule is Cc1cc(NCCNc2ccc(C(F)(F)F)cn2)c(C#N)c(C)n1. The number of nitrogens with one attached hydrogen (secondary N) is 2. The van der Waals surface area contributed by atoms with E-state index in [2.05, 4.69) is 26.7 Å². The lowest BCUT2D eigenvalue weighted by molar-refractivity contribution is -0.137. The largest absolute Gasteiger partial charge is 0.417 e. The van der Waals surface area contributed by atoms with E-state index in [1.807, 2.05) is 6.92 Å². The Morgan fingerprint density at radius 2 is 1.88 bits per heavy atom. The van der Waals surface area contributed by atoms with Crippen LogP contribution in [0.3, 0.4) is 0 Å². The first-order chi connectivity index (χ1) is 11.3. The van der Waals surface area contributed by atoms with E-state index in [4.69, 9.17) is 5.26 Å². The Balaban J connectivity index is 1.91. The third-order valence-electron chi connectivity index (χ3n) is 3.28. The second kappa shape index (κ2) is 7.17. The molecule has 0 amide bonds. The fourth-order valence-electron chi connectivity index (χ4n) is 2.16. The van der Waals surface area contributed by atoms with Crippen molar-refractivity contribution in [2.24, 2.45) is 0 Å². The van der Waals surface area contributed by atoms with Gasteiger partial charge in [0.05, 0.1) is 22.5 Å². The summed E-state index contributed by atoms with van der Waals surface area (Å²) < 4.78 is 37.3. The summed E-state index contributed by atoms with van der Waals surface area (Å²) in [6, 6.07) is 6.15. The Bertz CT molecular complexity index is 748. The Labute approximate surface area is 137 Å². The van der Waals surface area contributed by atoms with Crippen LogP contribution in [0.25, 0.3) is 0 Å². The van der Waals surface area contributed by atoms with Crippen molar-refractivity contribution in [1.82, 2.24) is 9.97 Å². The number of aromatic nitrogens is 2. The third-order valence-corrected chi connectivity index (χ3v) is 3.28. The van der Waals surface area contributed by atoms with E-state index in [-0.39, 0.29) is 0 Å². The molecule has 0 spiro atoms. The second-order valence-electron chi connectivity index (χ2n) is 5.17. The maximum absolute atomic E-state index is 12.4. The summed E-state index contributed by atoms with van der Waals surface area (Å²) in [5.74, 6) is 0.354. The number of pyridine rings is 2. The number of nitrogens with zero attached hydrogens (tertiary/aromatic N) is 3. The molecule has 126 valence electrons. The summed E-state index contributed by atoms with van der Waals surface area (Å²) in [6.45, 7) is 4.51. The van der Waals surface area contributed by atoms with Gasteiger partial charge in [0.1, 0.15) is 11.9 Å². The zero-order valence-electron chi connectivity index (χ0n) is 13.2. The fourth-order valence-corrected chi connectivity index (χ4v) is 2.16. The van der Waals surface area contributed by atoms with Gasteiger partial charge in [-0.15, -0.1) is 0 Å². The van der Waals surface area contributed by atoms with Crippen LogP contribution >= 0.6 is 0 Å². The highest BCUT2D eigenvalue weighted by Gasteiger charge is 2.30. The lowest BCUT2D eigenvalue weighted by Gasteiger charge is -2.12. The molecule has 0 aliphatic heterocycles. The van der Waals surface area contributed by atoms with Crippen LogP contribution in [0.2, 0.25) is 0 Å². The summed E-state index contributed by atoms with van der Waals surface area (Å²) in [5, 5.41) is 15.2. The lowest BCUT2D eigenvalue weighted by atomic mass is 10.1. The average molecular weight is 335 g/mol. The molecule has 0 saturated carbocycles. The number of alkyl halides is 3. The first kappa shape index (κ1) is 17.5. The number of anilines is 2. The van der Waals surface area contributed by atoms with Gasteiger partial charge in [-0.1, -0.05) is 0 Å². The Hall–Kier alpha value is -2.82. The van der Waals surface area contributed by atoms with Gasteiger partial charge in [0.2, 0.25) is 0 Å². The second-order valence-corrected chi connectivity index (χ2v) is 5.17. The highest BCUT2D eigenvalue weighted by atomic mass is 19.4. The van der Waals surface area contributed by atoms with Gasteiger partial charge in [-0.3, -0.25) is 4.98 Å². The molecular formula is C16H16F3N5. The normalized spacial score (nSPS) is 11.0. The van der Waals surface area contributed by atoms with Crippen molar-refractivity contribution < 1.29 is 13.2 Å².